The second-order valence-corrected chi connectivity index (χ2v) is 7.28. The van der Waals surface area contributed by atoms with Crippen molar-refractivity contribution in [3.8, 4) is 5.75 Å². The summed E-state index contributed by atoms with van der Waals surface area (Å²) in [6, 6.07) is 2.60. The Morgan fingerprint density at radius 3 is 2.05 bits per heavy atom. The van der Waals surface area contributed by atoms with Crippen molar-refractivity contribution in [2.24, 2.45) is 0 Å². The predicted octanol–water partition coefficient (Wildman–Crippen LogP) is 4.17. The zero-order valence-electron chi connectivity index (χ0n) is 11.3. The normalized spacial score (nSPS) is 13.4. The Hall–Kier alpha value is -0.950. The van der Waals surface area contributed by atoms with E-state index in [-0.39, 0.29) is 16.0 Å². The van der Waals surface area contributed by atoms with Crippen molar-refractivity contribution in [1.29, 1.82) is 0 Å². The fourth-order valence-corrected chi connectivity index (χ4v) is 2.44. The molecular formula is C12H14ClF3O3S. The second-order valence-electron chi connectivity index (χ2n) is 5.33. The molecule has 0 saturated heterocycles. The lowest BCUT2D eigenvalue weighted by atomic mass is 9.86. The fraction of sp³-hybridized carbons (Fsp3) is 0.500. The molecular weight excluding hydrogens is 317 g/mol. The van der Waals surface area contributed by atoms with Gasteiger partial charge in [-0.15, -0.1) is 0 Å². The maximum Gasteiger partial charge on any atom is 0.534 e. The number of benzene rings is 1. The van der Waals surface area contributed by atoms with E-state index in [1.165, 1.54) is 13.0 Å². The highest BCUT2D eigenvalue weighted by atomic mass is 35.5. The van der Waals surface area contributed by atoms with E-state index in [0.29, 0.717) is 5.56 Å². The molecule has 1 aromatic rings. The van der Waals surface area contributed by atoms with Crippen LogP contribution in [0.25, 0.3) is 0 Å². The average molecular weight is 331 g/mol. The van der Waals surface area contributed by atoms with Gasteiger partial charge in [-0.1, -0.05) is 38.4 Å². The zero-order valence-corrected chi connectivity index (χ0v) is 12.9. The second kappa shape index (κ2) is 5.11. The minimum Gasteiger partial charge on any atom is -0.376 e. The third kappa shape index (κ3) is 3.58. The molecule has 0 atom stereocenters. The van der Waals surface area contributed by atoms with Crippen LogP contribution in [-0.2, 0) is 15.5 Å². The molecule has 0 unspecified atom stereocenters. The lowest BCUT2D eigenvalue weighted by Crippen LogP contribution is -2.28. The number of hydrogen-bond acceptors (Lipinski definition) is 3. The Bertz CT molecular complexity index is 616. The van der Waals surface area contributed by atoms with Gasteiger partial charge in [-0.25, -0.2) is 0 Å². The highest BCUT2D eigenvalue weighted by Crippen LogP contribution is 2.36. The van der Waals surface area contributed by atoms with Gasteiger partial charge in [0.1, 0.15) is 5.75 Å². The highest BCUT2D eigenvalue weighted by Gasteiger charge is 2.48. The first-order valence-corrected chi connectivity index (χ1v) is 7.36. The van der Waals surface area contributed by atoms with Gasteiger partial charge in [0.25, 0.3) is 0 Å². The first kappa shape index (κ1) is 17.1. The van der Waals surface area contributed by atoms with Gasteiger partial charge in [0.2, 0.25) is 0 Å². The standard InChI is InChI=1S/C12H14ClF3O3S/c1-7-5-8(11(2,3)4)9(13)6-10(7)19-20(17,18)12(14,15)16/h5-6H,1-4H3. The van der Waals surface area contributed by atoms with Crippen molar-refractivity contribution in [3.05, 3.63) is 28.3 Å². The average Bonchev–Trinajstić information content (AvgIpc) is 2.19. The van der Waals surface area contributed by atoms with Crippen LogP contribution in [0.2, 0.25) is 5.02 Å². The summed E-state index contributed by atoms with van der Waals surface area (Å²) in [5, 5.41) is 0.149. The molecule has 1 rings (SSSR count). The van der Waals surface area contributed by atoms with Gasteiger partial charge < -0.3 is 4.18 Å². The molecule has 1 aromatic carbocycles. The molecule has 0 aromatic heterocycles. The third-order valence-corrected chi connectivity index (χ3v) is 3.83. The van der Waals surface area contributed by atoms with E-state index < -0.39 is 21.4 Å². The van der Waals surface area contributed by atoms with Gasteiger partial charge >= 0.3 is 15.6 Å². The first-order valence-electron chi connectivity index (χ1n) is 5.57. The monoisotopic (exact) mass is 330 g/mol. The van der Waals surface area contributed by atoms with Crippen LogP contribution in [0.5, 0.6) is 5.75 Å². The van der Waals surface area contributed by atoms with Crippen LogP contribution < -0.4 is 4.18 Å². The maximum atomic E-state index is 12.3. The summed E-state index contributed by atoms with van der Waals surface area (Å²) < 4.78 is 62.9. The topological polar surface area (TPSA) is 43.4 Å². The van der Waals surface area contributed by atoms with Crippen molar-refractivity contribution in [1.82, 2.24) is 0 Å². The summed E-state index contributed by atoms with van der Waals surface area (Å²) in [5.41, 5.74) is -4.86. The molecule has 0 saturated carbocycles. The molecule has 3 nitrogen and oxygen atoms in total. The van der Waals surface area contributed by atoms with Crippen LogP contribution in [0.3, 0.4) is 0 Å². The molecule has 0 N–H and O–H groups in total. The van der Waals surface area contributed by atoms with Crippen molar-refractivity contribution in [2.75, 3.05) is 0 Å². The largest absolute Gasteiger partial charge is 0.534 e. The lowest BCUT2D eigenvalue weighted by Gasteiger charge is -2.22. The van der Waals surface area contributed by atoms with Crippen molar-refractivity contribution in [2.45, 2.75) is 38.6 Å². The van der Waals surface area contributed by atoms with E-state index in [1.54, 1.807) is 0 Å². The van der Waals surface area contributed by atoms with E-state index in [0.717, 1.165) is 6.07 Å². The zero-order chi connectivity index (χ0) is 15.9. The summed E-state index contributed by atoms with van der Waals surface area (Å²) in [5.74, 6) is -0.430. The number of halogens is 4. The van der Waals surface area contributed by atoms with E-state index in [1.807, 2.05) is 20.8 Å². The SMILES string of the molecule is Cc1cc(C(C)(C)C)c(Cl)cc1OS(=O)(=O)C(F)(F)F. The van der Waals surface area contributed by atoms with E-state index in [4.69, 9.17) is 11.6 Å². The molecule has 0 spiro atoms. The summed E-state index contributed by atoms with van der Waals surface area (Å²) in [4.78, 5) is 0. The van der Waals surface area contributed by atoms with E-state index in [9.17, 15) is 21.6 Å². The Balaban J connectivity index is 3.28. The summed E-state index contributed by atoms with van der Waals surface area (Å²) in [6.07, 6.45) is 0. The molecule has 0 fully saturated rings. The molecule has 0 aliphatic heterocycles. The molecule has 20 heavy (non-hydrogen) atoms. The molecule has 0 aliphatic carbocycles. The number of aryl methyl sites for hydroxylation is 1. The molecule has 0 heterocycles. The summed E-state index contributed by atoms with van der Waals surface area (Å²) >= 11 is 5.97. The summed E-state index contributed by atoms with van der Waals surface area (Å²) in [7, 11) is -5.70. The molecule has 0 bridgehead atoms. The maximum absolute atomic E-state index is 12.3. The number of alkyl halides is 3. The van der Waals surface area contributed by atoms with Crippen molar-refractivity contribution < 1.29 is 25.8 Å². The Kier molecular flexibility index (Phi) is 4.37. The molecule has 0 amide bonds. The number of rotatable bonds is 2. The van der Waals surface area contributed by atoms with Crippen LogP contribution in [-0.4, -0.2) is 13.9 Å². The first-order chi connectivity index (χ1) is 8.75. The van der Waals surface area contributed by atoms with Crippen LogP contribution in [0.15, 0.2) is 12.1 Å². The van der Waals surface area contributed by atoms with Gasteiger partial charge in [-0.2, -0.15) is 21.6 Å². The lowest BCUT2D eigenvalue weighted by molar-refractivity contribution is -0.0500. The molecule has 0 radical (unpaired) electrons. The van der Waals surface area contributed by atoms with Gasteiger partial charge in [-0.05, 0) is 23.5 Å². The fourth-order valence-electron chi connectivity index (χ4n) is 1.49. The molecule has 0 aliphatic rings. The Labute approximate surface area is 120 Å². The quantitative estimate of drug-likeness (QED) is 0.603. The van der Waals surface area contributed by atoms with Crippen molar-refractivity contribution >= 4 is 21.7 Å². The van der Waals surface area contributed by atoms with Gasteiger partial charge in [-0.3, -0.25) is 0 Å². The highest BCUT2D eigenvalue weighted by molar-refractivity contribution is 7.88. The minimum absolute atomic E-state index is 0.149. The van der Waals surface area contributed by atoms with Crippen LogP contribution in [0.1, 0.15) is 31.9 Å². The Morgan fingerprint density at radius 2 is 1.65 bits per heavy atom. The van der Waals surface area contributed by atoms with Crippen molar-refractivity contribution in [3.63, 3.8) is 0 Å². The predicted molar refractivity (Wildman–Crippen MR) is 70.5 cm³/mol. The minimum atomic E-state index is -5.70. The number of hydrogen-bond donors (Lipinski definition) is 0. The van der Waals surface area contributed by atoms with Gasteiger partial charge in [0, 0.05) is 11.1 Å². The van der Waals surface area contributed by atoms with Crippen LogP contribution in [0.4, 0.5) is 13.2 Å². The third-order valence-electron chi connectivity index (χ3n) is 2.56. The smallest absolute Gasteiger partial charge is 0.376 e. The molecule has 8 heteroatoms. The van der Waals surface area contributed by atoms with E-state index >= 15 is 0 Å². The Morgan fingerprint density at radius 1 is 1.15 bits per heavy atom. The van der Waals surface area contributed by atoms with Crippen LogP contribution >= 0.6 is 11.6 Å². The molecule has 114 valence electrons. The van der Waals surface area contributed by atoms with Gasteiger partial charge in [0.05, 0.1) is 0 Å². The summed E-state index contributed by atoms with van der Waals surface area (Å²) in [6.45, 7) is 7.08. The van der Waals surface area contributed by atoms with E-state index in [2.05, 4.69) is 4.18 Å². The van der Waals surface area contributed by atoms with Gasteiger partial charge in [0.15, 0.2) is 0 Å². The van der Waals surface area contributed by atoms with Crippen LogP contribution in [0, 0.1) is 6.92 Å².